The number of carbonyl (C=O) groups is 2. The summed E-state index contributed by atoms with van der Waals surface area (Å²) < 4.78 is 9.52. The molecule has 29 heavy (non-hydrogen) atoms. The number of Topliss-reactive ketones (excluding diaryl/α,β-unsaturated/α-hetero) is 1. The second-order valence-electron chi connectivity index (χ2n) is 7.43. The molecule has 0 unspecified atom stereocenters. The monoisotopic (exact) mass is 392 g/mol. The third-order valence-electron chi connectivity index (χ3n) is 5.29. The highest BCUT2D eigenvalue weighted by molar-refractivity contribution is 6.00. The van der Waals surface area contributed by atoms with Gasteiger partial charge in [0.05, 0.1) is 5.56 Å². The van der Waals surface area contributed by atoms with Crippen LogP contribution in [0.25, 0.3) is 5.69 Å². The fourth-order valence-corrected chi connectivity index (χ4v) is 3.77. The summed E-state index contributed by atoms with van der Waals surface area (Å²) in [6.07, 6.45) is 0.997. The van der Waals surface area contributed by atoms with Gasteiger partial charge < -0.3 is 13.9 Å². The molecule has 3 aromatic rings. The zero-order valence-corrected chi connectivity index (χ0v) is 17.8. The smallest absolute Gasteiger partial charge is 0.338 e. The van der Waals surface area contributed by atoms with E-state index < -0.39 is 5.97 Å². The molecular weight excluding hydrogens is 364 g/mol. The second kappa shape index (κ2) is 8.52. The molecule has 1 aromatic carbocycles. The number of ketones is 1. The van der Waals surface area contributed by atoms with Crippen molar-refractivity contribution in [3.63, 3.8) is 0 Å². The summed E-state index contributed by atoms with van der Waals surface area (Å²) in [7, 11) is 0. The maximum atomic E-state index is 12.6. The Bertz CT molecular complexity index is 1020. The van der Waals surface area contributed by atoms with Gasteiger partial charge in [0.1, 0.15) is 0 Å². The fourth-order valence-electron chi connectivity index (χ4n) is 3.77. The summed E-state index contributed by atoms with van der Waals surface area (Å²) in [4.78, 5) is 24.9. The largest absolute Gasteiger partial charge is 0.454 e. The summed E-state index contributed by atoms with van der Waals surface area (Å²) in [5, 5.41) is 0. The number of carbonyl (C=O) groups excluding carboxylic acids is 2. The normalized spacial score (nSPS) is 10.9. The first kappa shape index (κ1) is 20.6. The summed E-state index contributed by atoms with van der Waals surface area (Å²) in [5.74, 6) is -0.669. The van der Waals surface area contributed by atoms with Crippen LogP contribution in [0.4, 0.5) is 0 Å². The molecule has 0 aliphatic heterocycles. The molecule has 2 heterocycles. The van der Waals surface area contributed by atoms with Crippen molar-refractivity contribution in [1.29, 1.82) is 0 Å². The Balaban J connectivity index is 1.67. The summed E-state index contributed by atoms with van der Waals surface area (Å²) >= 11 is 0. The SMILES string of the molecule is CCCn1c(C)cc(C(=O)COC(=O)c2ccc(-n3c(C)ccc3C)cc2)c1C. The Morgan fingerprint density at radius 3 is 2.10 bits per heavy atom. The molecule has 0 N–H and O–H groups in total. The molecule has 0 radical (unpaired) electrons. The molecule has 0 aliphatic carbocycles. The maximum Gasteiger partial charge on any atom is 0.338 e. The van der Waals surface area contributed by atoms with Gasteiger partial charge in [-0.15, -0.1) is 0 Å². The summed E-state index contributed by atoms with van der Waals surface area (Å²) in [6.45, 7) is 10.7. The molecule has 0 atom stereocenters. The quantitative estimate of drug-likeness (QED) is 0.422. The average Bonchev–Trinajstić information content (AvgIpc) is 3.19. The van der Waals surface area contributed by atoms with E-state index in [9.17, 15) is 9.59 Å². The number of aryl methyl sites for hydroxylation is 3. The van der Waals surface area contributed by atoms with E-state index >= 15 is 0 Å². The van der Waals surface area contributed by atoms with E-state index in [0.29, 0.717) is 11.1 Å². The van der Waals surface area contributed by atoms with Crippen LogP contribution in [0.5, 0.6) is 0 Å². The lowest BCUT2D eigenvalue weighted by Gasteiger charge is -2.10. The predicted molar refractivity (Wildman–Crippen MR) is 114 cm³/mol. The highest BCUT2D eigenvalue weighted by Crippen LogP contribution is 2.18. The van der Waals surface area contributed by atoms with Crippen LogP contribution < -0.4 is 0 Å². The molecule has 0 amide bonds. The second-order valence-corrected chi connectivity index (χ2v) is 7.43. The maximum absolute atomic E-state index is 12.6. The van der Waals surface area contributed by atoms with Crippen LogP contribution in [-0.4, -0.2) is 27.5 Å². The molecule has 0 aliphatic rings. The molecule has 5 heteroatoms. The van der Waals surface area contributed by atoms with E-state index in [1.165, 1.54) is 0 Å². The number of aromatic nitrogens is 2. The van der Waals surface area contributed by atoms with Gasteiger partial charge >= 0.3 is 5.97 Å². The summed E-state index contributed by atoms with van der Waals surface area (Å²) in [5.41, 5.74) is 6.27. The van der Waals surface area contributed by atoms with Crippen LogP contribution in [-0.2, 0) is 11.3 Å². The van der Waals surface area contributed by atoms with Gasteiger partial charge in [-0.05, 0) is 76.6 Å². The topological polar surface area (TPSA) is 53.2 Å². The van der Waals surface area contributed by atoms with Crippen molar-refractivity contribution >= 4 is 11.8 Å². The van der Waals surface area contributed by atoms with Crippen LogP contribution in [0.15, 0.2) is 42.5 Å². The minimum atomic E-state index is -0.492. The van der Waals surface area contributed by atoms with Crippen molar-refractivity contribution in [2.45, 2.75) is 47.6 Å². The molecule has 0 saturated carbocycles. The molecule has 0 bridgehead atoms. The lowest BCUT2D eigenvalue weighted by atomic mass is 10.1. The van der Waals surface area contributed by atoms with Crippen molar-refractivity contribution in [2.75, 3.05) is 6.61 Å². The van der Waals surface area contributed by atoms with Gasteiger partial charge in [0.25, 0.3) is 0 Å². The molecule has 152 valence electrons. The standard InChI is InChI=1S/C24H28N2O3/c1-6-13-25-18(4)14-22(19(25)5)23(27)15-29-24(28)20-9-11-21(12-10-20)26-16(2)7-8-17(26)3/h7-12,14H,6,13,15H2,1-5H3. The number of hydrogen-bond donors (Lipinski definition) is 0. The Hall–Kier alpha value is -3.08. The molecule has 0 spiro atoms. The average molecular weight is 392 g/mol. The van der Waals surface area contributed by atoms with Crippen LogP contribution in [0, 0.1) is 27.7 Å². The van der Waals surface area contributed by atoms with E-state index in [0.717, 1.165) is 41.4 Å². The Morgan fingerprint density at radius 1 is 0.897 bits per heavy atom. The number of hydrogen-bond acceptors (Lipinski definition) is 3. The Kier molecular flexibility index (Phi) is 6.06. The van der Waals surface area contributed by atoms with E-state index in [4.69, 9.17) is 4.74 Å². The number of benzene rings is 1. The molecule has 0 saturated heterocycles. The number of esters is 1. The van der Waals surface area contributed by atoms with E-state index in [2.05, 4.69) is 28.2 Å². The van der Waals surface area contributed by atoms with E-state index in [-0.39, 0.29) is 12.4 Å². The van der Waals surface area contributed by atoms with Crippen molar-refractivity contribution in [2.24, 2.45) is 0 Å². The van der Waals surface area contributed by atoms with Gasteiger partial charge in [0.2, 0.25) is 5.78 Å². The Morgan fingerprint density at radius 2 is 1.52 bits per heavy atom. The number of rotatable bonds is 7. The summed E-state index contributed by atoms with van der Waals surface area (Å²) in [6, 6.07) is 13.2. The van der Waals surface area contributed by atoms with Gasteiger partial charge in [-0.3, -0.25) is 4.79 Å². The first-order valence-corrected chi connectivity index (χ1v) is 9.96. The van der Waals surface area contributed by atoms with Crippen LogP contribution >= 0.6 is 0 Å². The predicted octanol–water partition coefficient (Wildman–Crippen LogP) is 4.96. The molecular formula is C24H28N2O3. The van der Waals surface area contributed by atoms with Crippen molar-refractivity contribution in [3.8, 4) is 5.69 Å². The first-order chi connectivity index (χ1) is 13.8. The third-order valence-corrected chi connectivity index (χ3v) is 5.29. The van der Waals surface area contributed by atoms with Gasteiger partial charge in [0, 0.05) is 40.6 Å². The number of ether oxygens (including phenoxy) is 1. The van der Waals surface area contributed by atoms with Gasteiger partial charge in [-0.25, -0.2) is 4.79 Å². The highest BCUT2D eigenvalue weighted by atomic mass is 16.5. The minimum Gasteiger partial charge on any atom is -0.454 e. The van der Waals surface area contributed by atoms with Gasteiger partial charge in [0.15, 0.2) is 6.61 Å². The molecule has 3 rings (SSSR count). The molecule has 0 fully saturated rings. The van der Waals surface area contributed by atoms with Gasteiger partial charge in [-0.2, -0.15) is 0 Å². The first-order valence-electron chi connectivity index (χ1n) is 9.96. The van der Waals surface area contributed by atoms with Crippen LogP contribution in [0.2, 0.25) is 0 Å². The lowest BCUT2D eigenvalue weighted by molar-refractivity contribution is 0.0474. The zero-order valence-electron chi connectivity index (χ0n) is 17.8. The van der Waals surface area contributed by atoms with E-state index in [1.54, 1.807) is 12.1 Å². The Labute approximate surface area is 171 Å². The van der Waals surface area contributed by atoms with E-state index in [1.807, 2.05) is 45.9 Å². The number of nitrogens with zero attached hydrogens (tertiary/aromatic N) is 2. The van der Waals surface area contributed by atoms with Gasteiger partial charge in [-0.1, -0.05) is 6.92 Å². The third kappa shape index (κ3) is 4.19. The minimum absolute atomic E-state index is 0.177. The van der Waals surface area contributed by atoms with Crippen LogP contribution in [0.1, 0.15) is 56.8 Å². The van der Waals surface area contributed by atoms with Crippen molar-refractivity contribution in [1.82, 2.24) is 9.13 Å². The van der Waals surface area contributed by atoms with Crippen molar-refractivity contribution < 1.29 is 14.3 Å². The fraction of sp³-hybridized carbons (Fsp3) is 0.333. The molecule has 2 aromatic heterocycles. The highest BCUT2D eigenvalue weighted by Gasteiger charge is 2.18. The molecule has 5 nitrogen and oxygen atoms in total. The van der Waals surface area contributed by atoms with Crippen LogP contribution in [0.3, 0.4) is 0 Å². The zero-order chi connectivity index (χ0) is 21.1. The van der Waals surface area contributed by atoms with Crippen molar-refractivity contribution in [3.05, 3.63) is 76.4 Å². The lowest BCUT2D eigenvalue weighted by Crippen LogP contribution is -2.15.